The van der Waals surface area contributed by atoms with Gasteiger partial charge in [-0.3, -0.25) is 4.99 Å². The summed E-state index contributed by atoms with van der Waals surface area (Å²) in [5.41, 5.74) is 8.36. The number of hydrogen-bond acceptors (Lipinski definition) is 1. The van der Waals surface area contributed by atoms with E-state index in [2.05, 4.69) is 55.3 Å². The molecule has 3 heteroatoms. The summed E-state index contributed by atoms with van der Waals surface area (Å²) in [6.45, 7) is 7.96. The highest BCUT2D eigenvalue weighted by Gasteiger charge is 1.95. The van der Waals surface area contributed by atoms with Gasteiger partial charge in [0.05, 0.1) is 0 Å². The first kappa shape index (κ1) is 13.6. The van der Waals surface area contributed by atoms with E-state index in [1.807, 2.05) is 0 Å². The number of hydrogen-bond donors (Lipinski definition) is 2. The molecule has 0 aliphatic carbocycles. The van der Waals surface area contributed by atoms with E-state index in [4.69, 9.17) is 5.73 Å². The Morgan fingerprint density at radius 1 is 1.29 bits per heavy atom. The summed E-state index contributed by atoms with van der Waals surface area (Å²) in [6, 6.07) is 8.56. The predicted octanol–water partition coefficient (Wildman–Crippen LogP) is 2.10. The number of guanidine groups is 1. The Morgan fingerprint density at radius 3 is 2.53 bits per heavy atom. The second-order valence-corrected chi connectivity index (χ2v) is 4.78. The van der Waals surface area contributed by atoms with Crippen LogP contribution in [0.25, 0.3) is 0 Å². The zero-order chi connectivity index (χ0) is 12.7. The van der Waals surface area contributed by atoms with Gasteiger partial charge in [0.25, 0.3) is 0 Å². The van der Waals surface area contributed by atoms with Crippen molar-refractivity contribution in [2.45, 2.75) is 27.2 Å². The van der Waals surface area contributed by atoms with Crippen LogP contribution in [-0.4, -0.2) is 19.0 Å². The second kappa shape index (κ2) is 6.94. The maximum absolute atomic E-state index is 5.75. The van der Waals surface area contributed by atoms with Crippen molar-refractivity contribution in [3.63, 3.8) is 0 Å². The quantitative estimate of drug-likeness (QED) is 0.604. The van der Waals surface area contributed by atoms with E-state index < -0.39 is 0 Å². The highest BCUT2D eigenvalue weighted by Crippen LogP contribution is 2.02. The average Bonchev–Trinajstić information content (AvgIpc) is 2.29. The van der Waals surface area contributed by atoms with E-state index in [1.165, 1.54) is 11.1 Å². The largest absolute Gasteiger partial charge is 0.370 e. The molecule has 0 aromatic heterocycles. The zero-order valence-electron chi connectivity index (χ0n) is 11.0. The van der Waals surface area contributed by atoms with E-state index in [0.717, 1.165) is 19.5 Å². The molecule has 1 rings (SSSR count). The highest BCUT2D eigenvalue weighted by molar-refractivity contribution is 5.77. The average molecular weight is 233 g/mol. The van der Waals surface area contributed by atoms with Crippen LogP contribution >= 0.6 is 0 Å². The van der Waals surface area contributed by atoms with Crippen LogP contribution in [0.5, 0.6) is 0 Å². The molecule has 0 heterocycles. The van der Waals surface area contributed by atoms with Crippen molar-refractivity contribution < 1.29 is 0 Å². The molecule has 0 unspecified atom stereocenters. The summed E-state index contributed by atoms with van der Waals surface area (Å²) in [7, 11) is 0. The SMILES string of the molecule is Cc1ccc(CCNC(N)=NCC(C)C)cc1. The molecule has 0 saturated carbocycles. The van der Waals surface area contributed by atoms with Crippen molar-refractivity contribution in [2.75, 3.05) is 13.1 Å². The Labute approximate surface area is 104 Å². The van der Waals surface area contributed by atoms with Gasteiger partial charge in [0.15, 0.2) is 5.96 Å². The molecule has 94 valence electrons. The first-order valence-corrected chi connectivity index (χ1v) is 6.17. The number of benzene rings is 1. The number of rotatable bonds is 5. The molecule has 0 bridgehead atoms. The van der Waals surface area contributed by atoms with E-state index in [9.17, 15) is 0 Å². The minimum atomic E-state index is 0.547. The Bertz CT molecular complexity index is 352. The summed E-state index contributed by atoms with van der Waals surface area (Å²) in [5, 5.41) is 3.13. The molecule has 3 nitrogen and oxygen atoms in total. The van der Waals surface area contributed by atoms with Gasteiger partial charge in [0, 0.05) is 13.1 Å². The van der Waals surface area contributed by atoms with Gasteiger partial charge < -0.3 is 11.1 Å². The molecule has 0 radical (unpaired) electrons. The number of aryl methyl sites for hydroxylation is 1. The van der Waals surface area contributed by atoms with Crippen molar-refractivity contribution in [1.82, 2.24) is 5.32 Å². The van der Waals surface area contributed by atoms with Crippen LogP contribution < -0.4 is 11.1 Å². The monoisotopic (exact) mass is 233 g/mol. The molecule has 0 atom stereocenters. The normalized spacial score (nSPS) is 11.9. The minimum absolute atomic E-state index is 0.547. The number of nitrogens with one attached hydrogen (secondary N) is 1. The molecule has 1 aromatic rings. The van der Waals surface area contributed by atoms with Gasteiger partial charge in [0.1, 0.15) is 0 Å². The summed E-state index contributed by atoms with van der Waals surface area (Å²) in [4.78, 5) is 4.25. The smallest absolute Gasteiger partial charge is 0.188 e. The third-order valence-corrected chi connectivity index (χ3v) is 2.47. The third-order valence-electron chi connectivity index (χ3n) is 2.47. The van der Waals surface area contributed by atoms with Crippen LogP contribution in [0, 0.1) is 12.8 Å². The van der Waals surface area contributed by atoms with E-state index in [-0.39, 0.29) is 0 Å². The van der Waals surface area contributed by atoms with Crippen molar-refractivity contribution in [1.29, 1.82) is 0 Å². The lowest BCUT2D eigenvalue weighted by molar-refractivity contribution is 0.661. The molecule has 0 aliphatic rings. The van der Waals surface area contributed by atoms with Crippen LogP contribution in [-0.2, 0) is 6.42 Å². The van der Waals surface area contributed by atoms with Gasteiger partial charge in [-0.2, -0.15) is 0 Å². The molecule has 0 aliphatic heterocycles. The maximum atomic E-state index is 5.75. The molecular formula is C14H23N3. The van der Waals surface area contributed by atoms with Gasteiger partial charge in [0.2, 0.25) is 0 Å². The lowest BCUT2D eigenvalue weighted by atomic mass is 10.1. The molecule has 0 amide bonds. The van der Waals surface area contributed by atoms with E-state index >= 15 is 0 Å². The summed E-state index contributed by atoms with van der Waals surface area (Å²) in [6.07, 6.45) is 0.970. The van der Waals surface area contributed by atoms with Crippen LogP contribution in [0.1, 0.15) is 25.0 Å². The number of nitrogens with two attached hydrogens (primary N) is 1. The second-order valence-electron chi connectivity index (χ2n) is 4.78. The summed E-state index contributed by atoms with van der Waals surface area (Å²) in [5.74, 6) is 1.10. The molecule has 1 aromatic carbocycles. The topological polar surface area (TPSA) is 50.4 Å². The Hall–Kier alpha value is -1.51. The van der Waals surface area contributed by atoms with Crippen molar-refractivity contribution >= 4 is 5.96 Å². The van der Waals surface area contributed by atoms with E-state index in [1.54, 1.807) is 0 Å². The van der Waals surface area contributed by atoms with Gasteiger partial charge in [-0.1, -0.05) is 43.7 Å². The molecule has 0 fully saturated rings. The standard InChI is InChI=1S/C14H23N3/c1-11(2)10-17-14(15)16-9-8-13-6-4-12(3)5-7-13/h4-7,11H,8-10H2,1-3H3,(H3,15,16,17). The fourth-order valence-electron chi connectivity index (χ4n) is 1.43. The molecule has 0 spiro atoms. The maximum Gasteiger partial charge on any atom is 0.188 e. The lowest BCUT2D eigenvalue weighted by Crippen LogP contribution is -2.33. The Balaban J connectivity index is 2.28. The number of aliphatic imine (C=N–C) groups is 1. The lowest BCUT2D eigenvalue weighted by Gasteiger charge is -2.07. The third kappa shape index (κ3) is 5.95. The van der Waals surface area contributed by atoms with Gasteiger partial charge in [-0.15, -0.1) is 0 Å². The molecule has 3 N–H and O–H groups in total. The Kier molecular flexibility index (Phi) is 5.53. The van der Waals surface area contributed by atoms with E-state index in [0.29, 0.717) is 11.9 Å². The van der Waals surface area contributed by atoms with Crippen molar-refractivity contribution in [3.05, 3.63) is 35.4 Å². The first-order valence-electron chi connectivity index (χ1n) is 6.17. The molecule has 0 saturated heterocycles. The van der Waals surface area contributed by atoms with Crippen LogP contribution in [0.2, 0.25) is 0 Å². The molecular weight excluding hydrogens is 210 g/mol. The van der Waals surface area contributed by atoms with Crippen molar-refractivity contribution in [3.8, 4) is 0 Å². The minimum Gasteiger partial charge on any atom is -0.370 e. The Morgan fingerprint density at radius 2 is 1.94 bits per heavy atom. The van der Waals surface area contributed by atoms with Gasteiger partial charge in [-0.25, -0.2) is 0 Å². The fourth-order valence-corrected chi connectivity index (χ4v) is 1.43. The highest BCUT2D eigenvalue weighted by atomic mass is 15.1. The number of nitrogens with zero attached hydrogens (tertiary/aromatic N) is 1. The van der Waals surface area contributed by atoms with Crippen LogP contribution in [0.4, 0.5) is 0 Å². The predicted molar refractivity (Wildman–Crippen MR) is 74.2 cm³/mol. The van der Waals surface area contributed by atoms with Crippen molar-refractivity contribution in [2.24, 2.45) is 16.6 Å². The molecule has 17 heavy (non-hydrogen) atoms. The summed E-state index contributed by atoms with van der Waals surface area (Å²) >= 11 is 0. The van der Waals surface area contributed by atoms with Gasteiger partial charge >= 0.3 is 0 Å². The first-order chi connectivity index (χ1) is 8.08. The van der Waals surface area contributed by atoms with Crippen LogP contribution in [0.15, 0.2) is 29.3 Å². The fraction of sp³-hybridized carbons (Fsp3) is 0.500. The van der Waals surface area contributed by atoms with Crippen LogP contribution in [0.3, 0.4) is 0 Å². The zero-order valence-corrected chi connectivity index (χ0v) is 11.0. The summed E-state index contributed by atoms with van der Waals surface area (Å²) < 4.78 is 0. The van der Waals surface area contributed by atoms with Gasteiger partial charge in [-0.05, 0) is 24.8 Å².